The Hall–Kier alpha value is -13.6. The van der Waals surface area contributed by atoms with E-state index in [1.165, 1.54) is 50.9 Å². The Morgan fingerprint density at radius 2 is 1.14 bits per heavy atom. The van der Waals surface area contributed by atoms with Gasteiger partial charge in [0.2, 0.25) is 94.5 Å². The number of aldehydes is 1. The van der Waals surface area contributed by atoms with Crippen LogP contribution < -0.4 is 75.7 Å². The van der Waals surface area contributed by atoms with Gasteiger partial charge in [0.1, 0.15) is 78.3 Å². The molecule has 3 aliphatic heterocycles. The Kier molecular flexibility index (Phi) is 39.7. The number of unbranched alkanes of at least 4 members (excludes halogenated alkanes) is 2. The maximum Gasteiger partial charge on any atom is 0.247 e. The van der Waals surface area contributed by atoms with Crippen LogP contribution in [0.5, 0.6) is 5.75 Å². The highest BCUT2D eigenvalue weighted by Crippen LogP contribution is 2.32. The summed E-state index contributed by atoms with van der Waals surface area (Å²) in [5, 5.41) is 82.6. The van der Waals surface area contributed by atoms with Crippen molar-refractivity contribution >= 4 is 140 Å². The van der Waals surface area contributed by atoms with Crippen molar-refractivity contribution in [2.45, 2.75) is 227 Å². The number of aliphatic hydroxyl groups excluding tert-OH is 3. The Bertz CT molecular complexity index is 5270. The minimum absolute atomic E-state index is 0.0178. The molecule has 3 aromatic carbocycles. The smallest absolute Gasteiger partial charge is 0.247 e. The highest BCUT2D eigenvalue weighted by Gasteiger charge is 2.53. The maximum atomic E-state index is 15.8. The number of amides is 16. The number of fused-ring (bicyclic) bond motifs is 4. The molecule has 15 atom stereocenters. The molecule has 3 saturated heterocycles. The first-order valence-electron chi connectivity index (χ1n) is 45.7. The number of guanidine groups is 1. The second-order valence-corrected chi connectivity index (χ2v) is 36.1. The summed E-state index contributed by atoms with van der Waals surface area (Å²) in [6.07, 6.45) is 3.03. The summed E-state index contributed by atoms with van der Waals surface area (Å²) in [6, 6.07) is -1.99. The second kappa shape index (κ2) is 50.8. The van der Waals surface area contributed by atoms with Crippen LogP contribution in [0.15, 0.2) is 97.7 Å². The molecule has 2 unspecified atom stereocenters. The number of thioether (sulfide) groups is 1. The zero-order valence-corrected chi connectivity index (χ0v) is 78.5. The van der Waals surface area contributed by atoms with Gasteiger partial charge in [-0.05, 0) is 98.2 Å². The number of para-hydroxylation sites is 2. The molecular weight excluding hydrogens is 1800 g/mol. The number of primary amides is 2. The van der Waals surface area contributed by atoms with Crippen molar-refractivity contribution in [3.63, 3.8) is 0 Å². The van der Waals surface area contributed by atoms with Crippen LogP contribution in [0, 0.1) is 11.3 Å². The number of carbonyl (C=O) groups excluding carboxylic acids is 17. The average Bonchev–Trinajstić information content (AvgIpc) is 1.62. The molecule has 6 heterocycles. The van der Waals surface area contributed by atoms with Crippen LogP contribution in [0.1, 0.15) is 134 Å². The van der Waals surface area contributed by atoms with Gasteiger partial charge in [0, 0.05) is 118 Å². The topological polar surface area (TPSA) is 682 Å². The van der Waals surface area contributed by atoms with Gasteiger partial charge in [-0.2, -0.15) is 0 Å². The molecule has 0 radical (unpaired) electrons. The Labute approximate surface area is 794 Å². The van der Waals surface area contributed by atoms with Crippen molar-refractivity contribution in [3.05, 3.63) is 120 Å². The third-order valence-corrected chi connectivity index (χ3v) is 25.5. The molecule has 6 aromatic rings. The van der Waals surface area contributed by atoms with Crippen LogP contribution in [0.3, 0.4) is 0 Å². The molecule has 0 saturated carbocycles. The Balaban J connectivity index is 1.13. The molecule has 25 N–H and O–H groups in total. The number of nitrogens with zero attached hydrogens (tertiary/aromatic N) is 6. The van der Waals surface area contributed by atoms with E-state index in [1.807, 2.05) is 13.8 Å². The van der Waals surface area contributed by atoms with Gasteiger partial charge in [-0.15, -0.1) is 11.8 Å². The average molecular weight is 1930 g/mol. The number of hydrogen-bond donors (Lipinski definition) is 22. The first kappa shape index (κ1) is 107. The monoisotopic (exact) mass is 1920 g/mol. The molecule has 744 valence electrons. The van der Waals surface area contributed by atoms with E-state index in [4.69, 9.17) is 22.6 Å². The van der Waals surface area contributed by atoms with Crippen LogP contribution in [-0.4, -0.2) is 334 Å². The van der Waals surface area contributed by atoms with Crippen molar-refractivity contribution in [2.24, 2.45) is 23.1 Å². The van der Waals surface area contributed by atoms with Crippen LogP contribution in [0.25, 0.3) is 21.8 Å². The molecule has 16 amide bonds. The van der Waals surface area contributed by atoms with Crippen LogP contribution in [0.2, 0.25) is 0 Å². The summed E-state index contributed by atoms with van der Waals surface area (Å²) in [4.78, 5) is 270. The fourth-order valence-corrected chi connectivity index (χ4v) is 18.0. The molecule has 3 fully saturated rings. The van der Waals surface area contributed by atoms with Crippen LogP contribution >= 0.6 is 11.8 Å². The summed E-state index contributed by atoms with van der Waals surface area (Å²) in [5.74, 6) is -18.2. The van der Waals surface area contributed by atoms with Gasteiger partial charge < -0.3 is 130 Å². The van der Waals surface area contributed by atoms with Crippen molar-refractivity contribution < 1.29 is 102 Å². The van der Waals surface area contributed by atoms with Gasteiger partial charge >= 0.3 is 0 Å². The third kappa shape index (κ3) is 29.2. The summed E-state index contributed by atoms with van der Waals surface area (Å²) in [5.41, 5.74) is 17.2. The molecule has 46 heteroatoms. The molecular formula is C91H128N24O21S. The van der Waals surface area contributed by atoms with Crippen LogP contribution in [-0.2, 0) is 107 Å². The number of aromatic amines is 3. The van der Waals surface area contributed by atoms with Gasteiger partial charge in [0.05, 0.1) is 50.4 Å². The lowest BCUT2D eigenvalue weighted by molar-refractivity contribution is -0.149. The molecule has 3 aliphatic rings. The number of nitrogens with one attached hydrogen (secondary N) is 15. The van der Waals surface area contributed by atoms with E-state index in [-0.39, 0.29) is 95.2 Å². The number of likely N-dealkylation sites (N-methyl/N-ethyl adjacent to an activating group) is 3. The number of phenolic OH excluding ortho intramolecular Hbond substituents is 1. The summed E-state index contributed by atoms with van der Waals surface area (Å²) in [7, 11) is 3.75. The fourth-order valence-electron chi connectivity index (χ4n) is 17.1. The van der Waals surface area contributed by atoms with Crippen molar-refractivity contribution in [2.75, 3.05) is 72.0 Å². The minimum atomic E-state index is -2.33. The van der Waals surface area contributed by atoms with Crippen LogP contribution in [0.4, 0.5) is 0 Å². The van der Waals surface area contributed by atoms with E-state index in [0.29, 0.717) is 70.5 Å². The number of rotatable bonds is 28. The molecule has 45 nitrogen and oxygen atoms in total. The Morgan fingerprint density at radius 1 is 0.584 bits per heavy atom. The van der Waals surface area contributed by atoms with E-state index >= 15 is 33.6 Å². The first-order chi connectivity index (χ1) is 65.3. The zero-order chi connectivity index (χ0) is 100. The third-order valence-electron chi connectivity index (χ3n) is 24.4. The van der Waals surface area contributed by atoms with E-state index < -0.39 is 247 Å². The maximum absolute atomic E-state index is 15.8. The lowest BCUT2D eigenvalue weighted by atomic mass is 9.98. The number of carbonyl (C=O) groups is 17. The molecule has 137 heavy (non-hydrogen) atoms. The number of aromatic hydroxyl groups is 1. The van der Waals surface area contributed by atoms with Crippen molar-refractivity contribution in [1.29, 1.82) is 5.41 Å². The largest absolute Gasteiger partial charge is 0.508 e. The van der Waals surface area contributed by atoms with Crippen molar-refractivity contribution in [3.8, 4) is 5.75 Å². The highest BCUT2D eigenvalue weighted by atomic mass is 32.2. The number of nitrogens with two attached hydrogens (primary N) is 3. The van der Waals surface area contributed by atoms with E-state index in [9.17, 15) is 68.4 Å². The van der Waals surface area contributed by atoms with Crippen molar-refractivity contribution in [1.82, 2.24) is 103 Å². The van der Waals surface area contributed by atoms with Gasteiger partial charge in [0.15, 0.2) is 17.9 Å². The Morgan fingerprint density at radius 3 is 1.73 bits per heavy atom. The molecule has 9 rings (SSSR count). The van der Waals surface area contributed by atoms with E-state index in [0.717, 1.165) is 43.3 Å². The normalized spacial score (nSPS) is 25.0. The standard InChI is InChI=1S/C91H128N24O21S/c1-8-10-23-70-82(129)103-61(22-16-30-97-90(94)95)78(125)109-69(77(124)100-42-75(93)122)46-137-47-76(123)102-65(33-51-26-28-55(119)29-27-51)85(132)113(7)73(45-117)84(131)107-67(37-74(92)121)87(134)114-31-17-25-71(114)83(130)104-62(36-54-41-96-49-101-54)79(126)105-64(32-50(3)4)88(135)115-43-56(120)38-91(115,48-118)110-63(34-52-39-98-59-20-14-12-18-57(52)59)80(127)108-68(44-116)81(128)106-66(35-53-40-99-60-21-15-13-19-58(53)60)86(133)112(6)72(24-11-9-2)89(136)111(70)5/h12-15,18-21,26-29,39-41,48-50,56,61-73,98-99,110,116-117,119-120H,8-11,16-17,22-25,30-38,42-47H2,1-7H3,(H2,92,121)(H2,93,122)(H,96,101)(H,100,124)(H,102,123)(H,103,129)(H,104,130)(H,105,126)(H,106,128)(H,107,131)(H,108,127)(H,109,125)(H4,94,95,97)/t56-,61+,62+,63+,64+,65+,66+,67+,68+,69?,70+,71+,72+,73+,91?/m1/s1. The summed E-state index contributed by atoms with van der Waals surface area (Å²) in [6.45, 7) is 3.26. The number of H-pyrrole nitrogens is 3. The predicted octanol–water partition coefficient (Wildman–Crippen LogP) is -3.96. The quantitative estimate of drug-likeness (QED) is 0.00964. The number of phenols is 1. The number of imidazole rings is 1. The van der Waals surface area contributed by atoms with Gasteiger partial charge in [-0.1, -0.05) is 102 Å². The lowest BCUT2D eigenvalue weighted by Gasteiger charge is -2.39. The molecule has 0 spiro atoms. The number of aromatic nitrogens is 4. The number of benzene rings is 3. The number of aliphatic hydroxyl groups is 3. The summed E-state index contributed by atoms with van der Waals surface area (Å²) < 4.78 is 0. The van der Waals surface area contributed by atoms with Gasteiger partial charge in [0.25, 0.3) is 0 Å². The number of hydrogen-bond acceptors (Lipinski definition) is 25. The summed E-state index contributed by atoms with van der Waals surface area (Å²) >= 11 is 0.725. The second-order valence-electron chi connectivity index (χ2n) is 35.1. The van der Waals surface area contributed by atoms with Gasteiger partial charge in [-0.3, -0.25) is 92.2 Å². The molecule has 0 aliphatic carbocycles. The SMILES string of the molecule is CCCC[C@H]1C(=O)N(C)[C@@H](CCCC)C(=O)N[C@@H](CCCNC(=N)N)C(=O)NC(C(=O)NCC(N)=O)CSCC(=O)N[C@@H](Cc2ccc(O)cc2)C(=O)N(C)[C@@H](CO)C(=O)N[C@@H](CC(N)=O)C(=O)N2CCC[C@H]2C(=O)N[C@@H](Cc2cnc[nH]2)C(=O)N[C@@H](CC(C)C)C(=O)N2C[C@H](O)CC2(C=O)N[C@@H](Cc2c[nH]c3ccccc23)C(=O)N[C@@H](CO)C(=O)N[C@@H](Cc2c[nH]c3ccccc23)C(=O)N1C. The van der Waals surface area contributed by atoms with E-state index in [1.54, 1.807) is 74.8 Å². The zero-order valence-electron chi connectivity index (χ0n) is 77.7. The fraction of sp³-hybridized carbons (Fsp3) is 0.527. The first-order valence-corrected chi connectivity index (χ1v) is 46.8. The highest BCUT2D eigenvalue weighted by molar-refractivity contribution is 8.00. The predicted molar refractivity (Wildman–Crippen MR) is 501 cm³/mol. The van der Waals surface area contributed by atoms with E-state index in [2.05, 4.69) is 78.4 Å². The van der Waals surface area contributed by atoms with Gasteiger partial charge in [-0.25, -0.2) is 4.98 Å². The molecule has 3 aromatic heterocycles. The lowest BCUT2D eigenvalue weighted by Crippen LogP contribution is -2.67. The molecule has 0 bridgehead atoms. The minimum Gasteiger partial charge on any atom is -0.508 e.